The molecule has 18 heavy (non-hydrogen) atoms. The third kappa shape index (κ3) is 3.40. The average Bonchev–Trinajstić information content (AvgIpc) is 2.41. The Morgan fingerprint density at radius 2 is 1.94 bits per heavy atom. The van der Waals surface area contributed by atoms with Crippen molar-refractivity contribution in [3.63, 3.8) is 0 Å². The quantitative estimate of drug-likeness (QED) is 0.755. The molecular formula is C15H22N2O. The molecule has 0 aliphatic carbocycles. The van der Waals surface area contributed by atoms with Gasteiger partial charge >= 0.3 is 0 Å². The Balaban J connectivity index is 1.94. The van der Waals surface area contributed by atoms with Crippen molar-refractivity contribution in [2.75, 3.05) is 39.8 Å². The van der Waals surface area contributed by atoms with Crippen LogP contribution in [-0.2, 0) is 6.42 Å². The molecule has 0 saturated carbocycles. The van der Waals surface area contributed by atoms with Crippen LogP contribution in [0.15, 0.2) is 24.3 Å². The molecule has 1 fully saturated rings. The Labute approximate surface area is 109 Å². The van der Waals surface area contributed by atoms with Gasteiger partial charge in [0.15, 0.2) is 5.78 Å². The number of carbonyl (C=O) groups is 1. The monoisotopic (exact) mass is 246 g/mol. The van der Waals surface area contributed by atoms with Crippen molar-refractivity contribution in [3.05, 3.63) is 35.4 Å². The number of Topliss-reactive ketones (excluding diaryl/α,β-unsaturated/α-hetero) is 1. The van der Waals surface area contributed by atoms with Crippen LogP contribution in [0.2, 0.25) is 0 Å². The lowest BCUT2D eigenvalue weighted by molar-refractivity contribution is 0.0876. The lowest BCUT2D eigenvalue weighted by Gasteiger charge is -2.31. The summed E-state index contributed by atoms with van der Waals surface area (Å²) in [4.78, 5) is 16.8. The van der Waals surface area contributed by atoms with Crippen LogP contribution in [0, 0.1) is 0 Å². The van der Waals surface area contributed by atoms with Gasteiger partial charge in [-0.15, -0.1) is 0 Å². The zero-order chi connectivity index (χ0) is 13.0. The molecule has 0 bridgehead atoms. The van der Waals surface area contributed by atoms with Crippen molar-refractivity contribution in [2.45, 2.75) is 13.3 Å². The molecule has 0 radical (unpaired) electrons. The number of hydrogen-bond donors (Lipinski definition) is 0. The van der Waals surface area contributed by atoms with E-state index in [4.69, 9.17) is 0 Å². The first-order valence-corrected chi connectivity index (χ1v) is 6.72. The summed E-state index contributed by atoms with van der Waals surface area (Å²) in [6, 6.07) is 8.01. The maximum Gasteiger partial charge on any atom is 0.176 e. The second-order valence-corrected chi connectivity index (χ2v) is 5.06. The van der Waals surface area contributed by atoms with Crippen molar-refractivity contribution < 1.29 is 4.79 Å². The largest absolute Gasteiger partial charge is 0.304 e. The Kier molecular flexibility index (Phi) is 4.50. The van der Waals surface area contributed by atoms with E-state index in [1.165, 1.54) is 5.56 Å². The SMILES string of the molecule is CCc1cccc(C(=O)CN2CCN(C)CC2)c1. The Morgan fingerprint density at radius 1 is 1.22 bits per heavy atom. The molecule has 3 heteroatoms. The molecule has 0 unspecified atom stereocenters. The normalized spacial score (nSPS) is 17.9. The van der Waals surface area contributed by atoms with Crippen LogP contribution in [0.1, 0.15) is 22.8 Å². The number of ketones is 1. The van der Waals surface area contributed by atoms with Crippen molar-refractivity contribution in [1.82, 2.24) is 9.80 Å². The number of rotatable bonds is 4. The van der Waals surface area contributed by atoms with Crippen molar-refractivity contribution in [2.24, 2.45) is 0 Å². The molecular weight excluding hydrogens is 224 g/mol. The summed E-state index contributed by atoms with van der Waals surface area (Å²) >= 11 is 0. The van der Waals surface area contributed by atoms with Gasteiger partial charge in [0, 0.05) is 31.7 Å². The van der Waals surface area contributed by atoms with Crippen LogP contribution in [-0.4, -0.2) is 55.4 Å². The molecule has 1 saturated heterocycles. The zero-order valence-corrected chi connectivity index (χ0v) is 11.4. The molecule has 2 rings (SSSR count). The Bertz CT molecular complexity index is 409. The van der Waals surface area contributed by atoms with Crippen molar-refractivity contribution in [3.8, 4) is 0 Å². The maximum absolute atomic E-state index is 12.2. The standard InChI is InChI=1S/C15H22N2O/c1-3-13-5-4-6-14(11-13)15(18)12-17-9-7-16(2)8-10-17/h4-6,11H,3,7-10,12H2,1-2H3. The summed E-state index contributed by atoms with van der Waals surface area (Å²) in [5, 5.41) is 0. The van der Waals surface area contributed by atoms with Crippen LogP contribution in [0.3, 0.4) is 0 Å². The minimum atomic E-state index is 0.245. The van der Waals surface area contributed by atoms with Gasteiger partial charge in [-0.05, 0) is 25.1 Å². The van der Waals surface area contributed by atoms with Gasteiger partial charge in [-0.3, -0.25) is 9.69 Å². The van der Waals surface area contributed by atoms with Gasteiger partial charge in [0.25, 0.3) is 0 Å². The molecule has 1 aliphatic rings. The summed E-state index contributed by atoms with van der Waals surface area (Å²) in [7, 11) is 2.13. The number of aryl methyl sites for hydroxylation is 1. The fraction of sp³-hybridized carbons (Fsp3) is 0.533. The van der Waals surface area contributed by atoms with E-state index in [1.807, 2.05) is 18.2 Å². The summed E-state index contributed by atoms with van der Waals surface area (Å²) < 4.78 is 0. The third-order valence-electron chi connectivity index (χ3n) is 3.62. The zero-order valence-electron chi connectivity index (χ0n) is 11.4. The average molecular weight is 246 g/mol. The number of benzene rings is 1. The molecule has 1 aromatic carbocycles. The molecule has 0 atom stereocenters. The first-order chi connectivity index (χ1) is 8.69. The smallest absolute Gasteiger partial charge is 0.176 e. The van der Waals surface area contributed by atoms with Gasteiger partial charge in [-0.1, -0.05) is 25.1 Å². The lowest BCUT2D eigenvalue weighted by atomic mass is 10.1. The van der Waals surface area contributed by atoms with Gasteiger partial charge in [-0.2, -0.15) is 0 Å². The minimum absolute atomic E-state index is 0.245. The molecule has 0 spiro atoms. The molecule has 98 valence electrons. The summed E-state index contributed by atoms with van der Waals surface area (Å²) in [5.74, 6) is 0.245. The van der Waals surface area contributed by atoms with Crippen LogP contribution >= 0.6 is 0 Å². The van der Waals surface area contributed by atoms with Crippen molar-refractivity contribution in [1.29, 1.82) is 0 Å². The third-order valence-corrected chi connectivity index (χ3v) is 3.62. The van der Waals surface area contributed by atoms with Crippen LogP contribution in [0.25, 0.3) is 0 Å². The molecule has 3 nitrogen and oxygen atoms in total. The topological polar surface area (TPSA) is 23.6 Å². The van der Waals surface area contributed by atoms with Crippen LogP contribution < -0.4 is 0 Å². The summed E-state index contributed by atoms with van der Waals surface area (Å²) in [6.45, 7) is 6.78. The number of carbonyl (C=O) groups excluding carboxylic acids is 1. The van der Waals surface area contributed by atoms with Crippen molar-refractivity contribution >= 4 is 5.78 Å². The highest BCUT2D eigenvalue weighted by Gasteiger charge is 2.17. The Morgan fingerprint density at radius 3 is 2.61 bits per heavy atom. The van der Waals surface area contributed by atoms with Gasteiger partial charge < -0.3 is 4.90 Å². The number of piperazine rings is 1. The highest BCUT2D eigenvalue weighted by atomic mass is 16.1. The highest BCUT2D eigenvalue weighted by Crippen LogP contribution is 2.08. The van der Waals surface area contributed by atoms with E-state index < -0.39 is 0 Å². The van der Waals surface area contributed by atoms with Gasteiger partial charge in [0.2, 0.25) is 0 Å². The first-order valence-electron chi connectivity index (χ1n) is 6.72. The molecule has 0 N–H and O–H groups in total. The molecule has 1 aromatic rings. The second kappa shape index (κ2) is 6.12. The second-order valence-electron chi connectivity index (χ2n) is 5.06. The fourth-order valence-corrected chi connectivity index (χ4v) is 2.27. The molecule has 0 amide bonds. The van der Waals surface area contributed by atoms with E-state index in [0.717, 1.165) is 38.2 Å². The minimum Gasteiger partial charge on any atom is -0.304 e. The van der Waals surface area contributed by atoms with E-state index in [-0.39, 0.29) is 5.78 Å². The van der Waals surface area contributed by atoms with E-state index >= 15 is 0 Å². The van der Waals surface area contributed by atoms with E-state index in [9.17, 15) is 4.79 Å². The van der Waals surface area contributed by atoms with E-state index in [1.54, 1.807) is 0 Å². The number of nitrogens with zero attached hydrogens (tertiary/aromatic N) is 2. The number of hydrogen-bond acceptors (Lipinski definition) is 3. The lowest BCUT2D eigenvalue weighted by Crippen LogP contribution is -2.46. The highest BCUT2D eigenvalue weighted by molar-refractivity contribution is 5.97. The van der Waals surface area contributed by atoms with Gasteiger partial charge in [-0.25, -0.2) is 0 Å². The van der Waals surface area contributed by atoms with Crippen LogP contribution in [0.4, 0.5) is 0 Å². The van der Waals surface area contributed by atoms with Gasteiger partial charge in [0.1, 0.15) is 0 Å². The number of likely N-dealkylation sites (N-methyl/N-ethyl adjacent to an activating group) is 1. The first kappa shape index (κ1) is 13.2. The maximum atomic E-state index is 12.2. The summed E-state index contributed by atoms with van der Waals surface area (Å²) in [5.41, 5.74) is 2.09. The predicted molar refractivity (Wildman–Crippen MR) is 74.1 cm³/mol. The molecule has 0 aromatic heterocycles. The van der Waals surface area contributed by atoms with Gasteiger partial charge in [0.05, 0.1) is 6.54 Å². The molecule has 1 aliphatic heterocycles. The summed E-state index contributed by atoms with van der Waals surface area (Å²) in [6.07, 6.45) is 0.982. The van der Waals surface area contributed by atoms with Crippen LogP contribution in [0.5, 0.6) is 0 Å². The predicted octanol–water partition coefficient (Wildman–Crippen LogP) is 1.68. The van der Waals surface area contributed by atoms with E-state index in [2.05, 4.69) is 29.8 Å². The molecule has 1 heterocycles. The fourth-order valence-electron chi connectivity index (χ4n) is 2.27. The van der Waals surface area contributed by atoms with E-state index in [0.29, 0.717) is 6.54 Å². The Hall–Kier alpha value is -1.19.